The number of H-pyrrole nitrogens is 1. The SMILES string of the molecule is Cc1nn(-c2ccccc2)c(C)c1CC(=O)N1CCc2c(nc(N)[nH]c2=O)C1. The maximum absolute atomic E-state index is 12.9. The average Bonchev–Trinajstić information content (AvgIpc) is 2.96. The minimum atomic E-state index is -0.217. The summed E-state index contributed by atoms with van der Waals surface area (Å²) in [5, 5.41) is 4.61. The number of benzene rings is 1. The van der Waals surface area contributed by atoms with E-state index in [-0.39, 0.29) is 23.8 Å². The van der Waals surface area contributed by atoms with Crippen molar-refractivity contribution >= 4 is 11.9 Å². The van der Waals surface area contributed by atoms with Crippen molar-refractivity contribution < 1.29 is 4.79 Å². The predicted octanol–water partition coefficient (Wildman–Crippen LogP) is 1.28. The van der Waals surface area contributed by atoms with Crippen molar-refractivity contribution in [1.82, 2.24) is 24.6 Å². The number of para-hydroxylation sites is 1. The monoisotopic (exact) mass is 378 g/mol. The standard InChI is InChI=1S/C20H22N6O2/c1-12-16(13(2)26(24-12)14-6-4-3-5-7-14)10-18(27)25-9-8-15-17(11-25)22-20(21)23-19(15)28/h3-7H,8-11H2,1-2H3,(H3,21,22,23,28). The Labute approximate surface area is 162 Å². The molecule has 1 amide bonds. The fraction of sp³-hybridized carbons (Fsp3) is 0.300. The molecule has 0 aliphatic carbocycles. The maximum Gasteiger partial charge on any atom is 0.255 e. The van der Waals surface area contributed by atoms with E-state index in [0.29, 0.717) is 30.8 Å². The molecule has 0 fully saturated rings. The number of nitrogens with two attached hydrogens (primary N) is 1. The lowest BCUT2D eigenvalue weighted by Gasteiger charge is -2.27. The third kappa shape index (κ3) is 3.17. The van der Waals surface area contributed by atoms with Crippen molar-refractivity contribution in [1.29, 1.82) is 0 Å². The maximum atomic E-state index is 12.9. The molecule has 28 heavy (non-hydrogen) atoms. The Kier molecular flexibility index (Phi) is 4.46. The molecule has 4 rings (SSSR count). The van der Waals surface area contributed by atoms with Gasteiger partial charge in [-0.2, -0.15) is 5.10 Å². The van der Waals surface area contributed by atoms with Crippen LogP contribution in [0, 0.1) is 13.8 Å². The van der Waals surface area contributed by atoms with E-state index in [9.17, 15) is 9.59 Å². The molecule has 3 N–H and O–H groups in total. The number of nitrogens with one attached hydrogen (secondary N) is 1. The number of aromatic nitrogens is 4. The van der Waals surface area contributed by atoms with Crippen LogP contribution in [-0.4, -0.2) is 37.1 Å². The third-order valence-electron chi connectivity index (χ3n) is 5.21. The Hall–Kier alpha value is -3.42. The van der Waals surface area contributed by atoms with Crippen molar-refractivity contribution in [3.05, 3.63) is 68.9 Å². The first-order valence-electron chi connectivity index (χ1n) is 9.20. The van der Waals surface area contributed by atoms with Gasteiger partial charge in [-0.3, -0.25) is 14.6 Å². The van der Waals surface area contributed by atoms with Crippen molar-refractivity contribution in [3.63, 3.8) is 0 Å². The number of rotatable bonds is 3. The van der Waals surface area contributed by atoms with Crippen LogP contribution in [0.4, 0.5) is 5.95 Å². The summed E-state index contributed by atoms with van der Waals surface area (Å²) in [4.78, 5) is 33.4. The molecule has 0 saturated heterocycles. The van der Waals surface area contributed by atoms with Crippen molar-refractivity contribution in [2.24, 2.45) is 0 Å². The molecular formula is C20H22N6O2. The first kappa shape index (κ1) is 18.0. The van der Waals surface area contributed by atoms with Crippen LogP contribution in [-0.2, 0) is 24.2 Å². The second-order valence-corrected chi connectivity index (χ2v) is 7.02. The Bertz CT molecular complexity index is 1100. The molecule has 8 heteroatoms. The van der Waals surface area contributed by atoms with E-state index in [2.05, 4.69) is 15.1 Å². The number of aromatic amines is 1. The number of carbonyl (C=O) groups excluding carboxylic acids is 1. The molecule has 0 unspecified atom stereocenters. The molecule has 2 aromatic heterocycles. The smallest absolute Gasteiger partial charge is 0.255 e. The first-order chi connectivity index (χ1) is 13.4. The van der Waals surface area contributed by atoms with Crippen LogP contribution >= 0.6 is 0 Å². The van der Waals surface area contributed by atoms with E-state index >= 15 is 0 Å². The number of nitrogens with zero attached hydrogens (tertiary/aromatic N) is 4. The zero-order valence-corrected chi connectivity index (χ0v) is 15.9. The lowest BCUT2D eigenvalue weighted by Crippen LogP contribution is -2.40. The van der Waals surface area contributed by atoms with E-state index in [1.54, 1.807) is 4.90 Å². The highest BCUT2D eigenvalue weighted by Gasteiger charge is 2.26. The van der Waals surface area contributed by atoms with E-state index in [0.717, 1.165) is 22.6 Å². The molecule has 0 spiro atoms. The lowest BCUT2D eigenvalue weighted by molar-refractivity contribution is -0.131. The second-order valence-electron chi connectivity index (χ2n) is 7.02. The van der Waals surface area contributed by atoms with E-state index in [4.69, 9.17) is 5.73 Å². The minimum Gasteiger partial charge on any atom is -0.369 e. The number of amides is 1. The van der Waals surface area contributed by atoms with Crippen LogP contribution in [0.3, 0.4) is 0 Å². The van der Waals surface area contributed by atoms with E-state index in [1.807, 2.05) is 48.9 Å². The summed E-state index contributed by atoms with van der Waals surface area (Å²) in [7, 11) is 0. The molecule has 0 atom stereocenters. The number of carbonyl (C=O) groups is 1. The van der Waals surface area contributed by atoms with Gasteiger partial charge in [-0.1, -0.05) is 18.2 Å². The molecule has 1 aromatic carbocycles. The molecule has 0 saturated carbocycles. The van der Waals surface area contributed by atoms with Gasteiger partial charge >= 0.3 is 0 Å². The molecule has 1 aliphatic rings. The highest BCUT2D eigenvalue weighted by molar-refractivity contribution is 5.79. The largest absolute Gasteiger partial charge is 0.369 e. The highest BCUT2D eigenvalue weighted by Crippen LogP contribution is 2.21. The number of nitrogen functional groups attached to an aromatic ring is 1. The number of aryl methyl sites for hydroxylation is 1. The van der Waals surface area contributed by atoms with Gasteiger partial charge in [0.25, 0.3) is 5.56 Å². The normalized spacial score (nSPS) is 13.4. The van der Waals surface area contributed by atoms with Gasteiger partial charge in [-0.15, -0.1) is 0 Å². The quantitative estimate of drug-likeness (QED) is 0.713. The van der Waals surface area contributed by atoms with Gasteiger partial charge in [-0.25, -0.2) is 9.67 Å². The van der Waals surface area contributed by atoms with Gasteiger partial charge < -0.3 is 10.6 Å². The summed E-state index contributed by atoms with van der Waals surface area (Å²) in [5.74, 6) is 0.0685. The van der Waals surface area contributed by atoms with Crippen LogP contribution in [0.15, 0.2) is 35.1 Å². The predicted molar refractivity (Wildman–Crippen MR) is 105 cm³/mol. The minimum absolute atomic E-state index is 0.00915. The zero-order chi connectivity index (χ0) is 19.8. The molecule has 0 bridgehead atoms. The fourth-order valence-corrected chi connectivity index (χ4v) is 3.69. The van der Waals surface area contributed by atoms with Gasteiger partial charge in [0, 0.05) is 23.4 Å². The summed E-state index contributed by atoms with van der Waals surface area (Å²) < 4.78 is 1.87. The molecule has 3 heterocycles. The molecule has 144 valence electrons. The van der Waals surface area contributed by atoms with Gasteiger partial charge in [0.05, 0.1) is 30.0 Å². The van der Waals surface area contributed by atoms with Crippen molar-refractivity contribution in [2.75, 3.05) is 12.3 Å². The fourth-order valence-electron chi connectivity index (χ4n) is 3.69. The van der Waals surface area contributed by atoms with Gasteiger partial charge in [-0.05, 0) is 32.4 Å². The summed E-state index contributed by atoms with van der Waals surface area (Å²) in [5.41, 5.74) is 10.3. The molecule has 0 radical (unpaired) electrons. The Morgan fingerprint density at radius 3 is 2.75 bits per heavy atom. The Morgan fingerprint density at radius 1 is 1.25 bits per heavy atom. The van der Waals surface area contributed by atoms with Crippen LogP contribution in [0.2, 0.25) is 0 Å². The van der Waals surface area contributed by atoms with Crippen LogP contribution in [0.1, 0.15) is 28.2 Å². The molecular weight excluding hydrogens is 356 g/mol. The van der Waals surface area contributed by atoms with Crippen LogP contribution < -0.4 is 11.3 Å². The highest BCUT2D eigenvalue weighted by atomic mass is 16.2. The average molecular weight is 378 g/mol. The lowest BCUT2D eigenvalue weighted by atomic mass is 10.0. The second kappa shape index (κ2) is 6.95. The summed E-state index contributed by atoms with van der Waals surface area (Å²) >= 11 is 0. The first-order valence-corrected chi connectivity index (χ1v) is 9.20. The molecule has 3 aromatic rings. The van der Waals surface area contributed by atoms with Gasteiger partial charge in [0.1, 0.15) is 0 Å². The van der Waals surface area contributed by atoms with Crippen LogP contribution in [0.5, 0.6) is 0 Å². The summed E-state index contributed by atoms with van der Waals surface area (Å²) in [6.45, 7) is 4.68. The molecule has 8 nitrogen and oxygen atoms in total. The topological polar surface area (TPSA) is 110 Å². The number of hydrogen-bond acceptors (Lipinski definition) is 5. The Balaban J connectivity index is 1.56. The summed E-state index contributed by atoms with van der Waals surface area (Å²) in [6.07, 6.45) is 0.740. The van der Waals surface area contributed by atoms with Crippen LogP contribution in [0.25, 0.3) is 5.69 Å². The summed E-state index contributed by atoms with van der Waals surface area (Å²) in [6, 6.07) is 9.85. The van der Waals surface area contributed by atoms with Crippen molar-refractivity contribution in [2.45, 2.75) is 33.2 Å². The zero-order valence-electron chi connectivity index (χ0n) is 15.9. The van der Waals surface area contributed by atoms with E-state index in [1.165, 1.54) is 0 Å². The number of fused-ring (bicyclic) bond motifs is 1. The van der Waals surface area contributed by atoms with Gasteiger partial charge in [0.2, 0.25) is 11.9 Å². The van der Waals surface area contributed by atoms with Gasteiger partial charge in [0.15, 0.2) is 0 Å². The van der Waals surface area contributed by atoms with E-state index < -0.39 is 0 Å². The third-order valence-corrected chi connectivity index (χ3v) is 5.21. The molecule has 1 aliphatic heterocycles. The van der Waals surface area contributed by atoms with Crippen molar-refractivity contribution in [3.8, 4) is 5.69 Å². The number of anilines is 1. The Morgan fingerprint density at radius 2 is 2.00 bits per heavy atom. The number of hydrogen-bond donors (Lipinski definition) is 2.